The van der Waals surface area contributed by atoms with Crippen LogP contribution in [-0.4, -0.2) is 119 Å². The Morgan fingerprint density at radius 2 is 1.40 bits per heavy atom. The standard InChI is InChI=1S/C28H34O14/c1-11-21(34)22(35)19(9-29)40-27(11)42-26-24(37)23(36)20(10-30)41-28(26)39-18-8-15-16(33)6-14(32)7-17(15)38-25(18)12-2-4-13(31)5-3-12/h2-8,11,19-37H,9-10H2,1H3/p+1. The number of rotatable bonds is 7. The van der Waals surface area contributed by atoms with E-state index >= 15 is 0 Å². The number of fused-ring (bicyclic) bond motifs is 1. The maximum atomic E-state index is 11.0. The van der Waals surface area contributed by atoms with Crippen LogP contribution in [0, 0.1) is 5.92 Å². The van der Waals surface area contributed by atoms with E-state index in [-0.39, 0.29) is 34.3 Å². The second kappa shape index (κ2) is 12.2. The van der Waals surface area contributed by atoms with E-state index in [1.165, 1.54) is 31.2 Å². The number of aromatic hydroxyl groups is 4. The van der Waals surface area contributed by atoms with Gasteiger partial charge in [0.15, 0.2) is 18.2 Å². The van der Waals surface area contributed by atoms with Crippen LogP contribution in [0.25, 0.3) is 6.08 Å². The first-order chi connectivity index (χ1) is 20.0. The third-order valence-corrected chi connectivity index (χ3v) is 7.71. The van der Waals surface area contributed by atoms with Crippen LogP contribution in [0.1, 0.15) is 24.2 Å². The van der Waals surface area contributed by atoms with E-state index in [1.807, 2.05) is 0 Å². The van der Waals surface area contributed by atoms with Gasteiger partial charge in [-0.1, -0.05) is 6.92 Å². The smallest absolute Gasteiger partial charge is 0.270 e. The Morgan fingerprint density at radius 1 is 0.786 bits per heavy atom. The van der Waals surface area contributed by atoms with Gasteiger partial charge in [-0.2, -0.15) is 0 Å². The molecule has 0 spiro atoms. The van der Waals surface area contributed by atoms with Gasteiger partial charge in [0.1, 0.15) is 53.3 Å². The van der Waals surface area contributed by atoms with Crippen molar-refractivity contribution in [3.05, 3.63) is 53.3 Å². The zero-order valence-corrected chi connectivity index (χ0v) is 22.4. The van der Waals surface area contributed by atoms with Crippen LogP contribution in [0.2, 0.25) is 0 Å². The van der Waals surface area contributed by atoms with Crippen LogP contribution in [0.15, 0.2) is 42.2 Å². The molecule has 230 valence electrons. The Morgan fingerprint density at radius 3 is 2.05 bits per heavy atom. The zero-order valence-electron chi connectivity index (χ0n) is 22.4. The highest BCUT2D eigenvalue weighted by atomic mass is 16.8. The van der Waals surface area contributed by atoms with Gasteiger partial charge in [-0.05, 0) is 24.3 Å². The van der Waals surface area contributed by atoms with Crippen molar-refractivity contribution in [1.82, 2.24) is 0 Å². The average Bonchev–Trinajstić information content (AvgIpc) is 2.97. The molecule has 0 aromatic heterocycles. The SMILES string of the molecule is CC1C(OC2C(OC3=Cc4c(O)cc(O)cc4[OH+]C3c3ccc(O)cc3)OC(CO)C(O)C2O)OC(CO)C(O)C1O. The normalized spacial score (nSPS) is 36.5. The molecule has 2 aromatic rings. The lowest BCUT2D eigenvalue weighted by atomic mass is 9.92. The highest BCUT2D eigenvalue weighted by Gasteiger charge is 2.51. The van der Waals surface area contributed by atoms with Crippen molar-refractivity contribution in [2.24, 2.45) is 5.92 Å². The highest BCUT2D eigenvalue weighted by molar-refractivity contribution is 5.69. The van der Waals surface area contributed by atoms with Crippen molar-refractivity contribution < 1.29 is 69.6 Å². The molecule has 0 radical (unpaired) electrons. The lowest BCUT2D eigenvalue weighted by molar-refractivity contribution is -0.357. The molecular weight excluding hydrogens is 560 g/mol. The van der Waals surface area contributed by atoms with Crippen LogP contribution in [0.5, 0.6) is 23.0 Å². The Balaban J connectivity index is 1.50. The molecule has 0 amide bonds. The number of benzene rings is 2. The summed E-state index contributed by atoms with van der Waals surface area (Å²) in [5, 5.41) is 92.1. The Bertz CT molecular complexity index is 1270. The summed E-state index contributed by atoms with van der Waals surface area (Å²) in [5.74, 6) is -1.06. The quantitative estimate of drug-likeness (QED) is 0.176. The molecule has 0 aliphatic carbocycles. The van der Waals surface area contributed by atoms with Crippen LogP contribution >= 0.6 is 0 Å². The summed E-state index contributed by atoms with van der Waals surface area (Å²) < 4.78 is 28.2. The lowest BCUT2D eigenvalue weighted by Gasteiger charge is -2.46. The molecule has 0 bridgehead atoms. The summed E-state index contributed by atoms with van der Waals surface area (Å²) in [6.07, 6.45) is -12.3. The molecule has 5 rings (SSSR count). The molecule has 42 heavy (non-hydrogen) atoms. The topological polar surface area (TPSA) is 232 Å². The van der Waals surface area contributed by atoms with Crippen molar-refractivity contribution in [2.45, 2.75) is 68.3 Å². The predicted octanol–water partition coefficient (Wildman–Crippen LogP) is -0.944. The molecule has 11 unspecified atom stereocenters. The number of ether oxygens (including phenoxy) is 5. The minimum atomic E-state index is -1.70. The van der Waals surface area contributed by atoms with Gasteiger partial charge in [-0.15, -0.1) is 0 Å². The molecule has 10 N–H and O–H groups in total. The second-order valence-electron chi connectivity index (χ2n) is 10.6. The number of phenolic OH excluding ortho intramolecular Hbond substituents is 3. The molecule has 3 aliphatic heterocycles. The minimum Gasteiger partial charge on any atom is -0.571 e. The molecule has 3 aliphatic rings. The van der Waals surface area contributed by atoms with Gasteiger partial charge in [0.05, 0.1) is 30.9 Å². The molecule has 14 nitrogen and oxygen atoms in total. The molecule has 2 fully saturated rings. The fourth-order valence-electron chi connectivity index (χ4n) is 5.24. The van der Waals surface area contributed by atoms with Crippen LogP contribution in [0.4, 0.5) is 0 Å². The van der Waals surface area contributed by atoms with Gasteiger partial charge in [0, 0.05) is 18.1 Å². The molecule has 2 aromatic carbocycles. The van der Waals surface area contributed by atoms with Crippen LogP contribution in [0.3, 0.4) is 0 Å². The monoisotopic (exact) mass is 595 g/mol. The van der Waals surface area contributed by atoms with Crippen molar-refractivity contribution in [2.75, 3.05) is 13.2 Å². The fraction of sp³-hybridized carbons (Fsp3) is 0.500. The fourth-order valence-corrected chi connectivity index (χ4v) is 5.24. The van der Waals surface area contributed by atoms with Gasteiger partial charge in [-0.3, -0.25) is 0 Å². The summed E-state index contributed by atoms with van der Waals surface area (Å²) in [5.41, 5.74) is 0.741. The largest absolute Gasteiger partial charge is 0.571 e. The van der Waals surface area contributed by atoms with Crippen molar-refractivity contribution >= 4 is 6.08 Å². The number of phenols is 3. The van der Waals surface area contributed by atoms with Gasteiger partial charge >= 0.3 is 0 Å². The van der Waals surface area contributed by atoms with Gasteiger partial charge in [-0.25, -0.2) is 0 Å². The average molecular weight is 596 g/mol. The number of aliphatic hydroxyl groups excluding tert-OH is 6. The van der Waals surface area contributed by atoms with E-state index in [4.69, 9.17) is 18.9 Å². The first-order valence-corrected chi connectivity index (χ1v) is 13.4. The summed E-state index contributed by atoms with van der Waals surface area (Å²) in [6, 6.07) is 8.49. The Labute approximate surface area is 239 Å². The number of hydrogen-bond acceptors (Lipinski definition) is 13. The van der Waals surface area contributed by atoms with Gasteiger partial charge < -0.3 is 69.6 Å². The Hall–Kier alpha value is -3.18. The van der Waals surface area contributed by atoms with E-state index < -0.39 is 80.5 Å². The Kier molecular flexibility index (Phi) is 8.80. The van der Waals surface area contributed by atoms with Crippen LogP contribution in [-0.2, 0) is 18.9 Å². The van der Waals surface area contributed by atoms with Crippen molar-refractivity contribution in [3.8, 4) is 23.0 Å². The lowest BCUT2D eigenvalue weighted by Crippen LogP contribution is -2.63. The highest BCUT2D eigenvalue weighted by Crippen LogP contribution is 2.46. The van der Waals surface area contributed by atoms with Gasteiger partial charge in [0.2, 0.25) is 6.29 Å². The maximum Gasteiger partial charge on any atom is 0.270 e. The summed E-state index contributed by atoms with van der Waals surface area (Å²) >= 11 is 0. The molecule has 0 saturated carbocycles. The summed E-state index contributed by atoms with van der Waals surface area (Å²) in [4.78, 5) is 0. The molecule has 14 heteroatoms. The second-order valence-corrected chi connectivity index (χ2v) is 10.6. The predicted molar refractivity (Wildman–Crippen MR) is 141 cm³/mol. The maximum absolute atomic E-state index is 11.0. The number of aliphatic hydroxyl groups is 7. The molecule has 11 atom stereocenters. The first-order valence-electron chi connectivity index (χ1n) is 13.4. The summed E-state index contributed by atoms with van der Waals surface area (Å²) in [7, 11) is 0. The van der Waals surface area contributed by atoms with E-state index in [1.54, 1.807) is 12.1 Å². The van der Waals surface area contributed by atoms with E-state index in [2.05, 4.69) is 4.74 Å². The van der Waals surface area contributed by atoms with E-state index in [9.17, 15) is 46.0 Å². The molecule has 2 saturated heterocycles. The van der Waals surface area contributed by atoms with Gasteiger partial charge in [0.25, 0.3) is 11.9 Å². The third kappa shape index (κ3) is 5.73. The number of hydrogen-bond donors (Lipinski definition) is 9. The third-order valence-electron chi connectivity index (χ3n) is 7.71. The zero-order chi connectivity index (χ0) is 30.3. The van der Waals surface area contributed by atoms with E-state index in [0.29, 0.717) is 5.56 Å². The molecular formula is C28H35O14+. The van der Waals surface area contributed by atoms with Crippen molar-refractivity contribution in [3.63, 3.8) is 0 Å². The minimum absolute atomic E-state index is 0.00115. The molecule has 3 heterocycles. The first kappa shape index (κ1) is 30.3. The van der Waals surface area contributed by atoms with E-state index in [0.717, 1.165) is 6.07 Å². The van der Waals surface area contributed by atoms with Crippen molar-refractivity contribution in [1.29, 1.82) is 0 Å². The van der Waals surface area contributed by atoms with Crippen LogP contribution < -0.4 is 0 Å². The summed E-state index contributed by atoms with van der Waals surface area (Å²) in [6.45, 7) is 0.195.